The summed E-state index contributed by atoms with van der Waals surface area (Å²) in [6.45, 7) is 8.48. The van der Waals surface area contributed by atoms with Gasteiger partial charge in [0.05, 0.1) is 0 Å². The van der Waals surface area contributed by atoms with Crippen molar-refractivity contribution in [1.82, 2.24) is 15.1 Å². The number of aliphatic imine (C=N–C) groups is 1. The Labute approximate surface area is 151 Å². The van der Waals surface area contributed by atoms with Gasteiger partial charge in [-0.25, -0.2) is 0 Å². The molecule has 1 aromatic carbocycles. The fourth-order valence-corrected chi connectivity index (χ4v) is 3.31. The first kappa shape index (κ1) is 19.1. The lowest BCUT2D eigenvalue weighted by molar-refractivity contribution is 0.331. The van der Waals surface area contributed by atoms with Crippen LogP contribution in [-0.4, -0.2) is 55.5 Å². The highest BCUT2D eigenvalue weighted by atomic mass is 35.5. The van der Waals surface area contributed by atoms with Crippen molar-refractivity contribution in [3.05, 3.63) is 34.9 Å². The number of nitrogens with one attached hydrogen (secondary N) is 1. The smallest absolute Gasteiger partial charge is 0.193 e. The van der Waals surface area contributed by atoms with Gasteiger partial charge in [0.1, 0.15) is 0 Å². The van der Waals surface area contributed by atoms with Crippen molar-refractivity contribution in [3.8, 4) is 0 Å². The lowest BCUT2D eigenvalue weighted by Gasteiger charge is -2.22. The maximum Gasteiger partial charge on any atom is 0.193 e. The largest absolute Gasteiger partial charge is 0.357 e. The Bertz CT molecular complexity index is 512. The number of benzene rings is 1. The zero-order valence-electron chi connectivity index (χ0n) is 15.1. The van der Waals surface area contributed by atoms with Crippen LogP contribution in [0, 0.1) is 0 Å². The zero-order chi connectivity index (χ0) is 17.2. The Balaban J connectivity index is 1.77. The van der Waals surface area contributed by atoms with Gasteiger partial charge in [0.2, 0.25) is 0 Å². The van der Waals surface area contributed by atoms with Gasteiger partial charge in [-0.2, -0.15) is 0 Å². The van der Waals surface area contributed by atoms with E-state index in [1.165, 1.54) is 44.5 Å². The van der Waals surface area contributed by atoms with Gasteiger partial charge in [0.15, 0.2) is 5.96 Å². The zero-order valence-corrected chi connectivity index (χ0v) is 15.9. The maximum atomic E-state index is 6.07. The van der Waals surface area contributed by atoms with E-state index in [1.807, 2.05) is 18.2 Å². The predicted octanol–water partition coefficient (Wildman–Crippen LogP) is 3.61. The molecule has 1 aromatic rings. The van der Waals surface area contributed by atoms with Gasteiger partial charge < -0.3 is 15.1 Å². The van der Waals surface area contributed by atoms with E-state index in [4.69, 9.17) is 16.6 Å². The van der Waals surface area contributed by atoms with E-state index in [1.54, 1.807) is 0 Å². The van der Waals surface area contributed by atoms with Crippen molar-refractivity contribution in [2.75, 3.05) is 39.8 Å². The number of nitrogens with zero attached hydrogens (tertiary/aromatic N) is 3. The van der Waals surface area contributed by atoms with Crippen molar-refractivity contribution in [2.24, 2.45) is 4.99 Å². The molecule has 1 saturated heterocycles. The molecule has 1 N–H and O–H groups in total. The van der Waals surface area contributed by atoms with Crippen molar-refractivity contribution >= 4 is 17.6 Å². The Morgan fingerprint density at radius 2 is 2.08 bits per heavy atom. The summed E-state index contributed by atoms with van der Waals surface area (Å²) in [4.78, 5) is 9.51. The highest BCUT2D eigenvalue weighted by Gasteiger charge is 2.10. The molecule has 0 unspecified atom stereocenters. The standard InChI is InChI=1S/C19H31ClN4/c1-3-21-19(22-11-4-5-12-24-13-6-7-14-24)23(2)16-17-9-8-10-18(20)15-17/h8-10,15H,3-7,11-14,16H2,1-2H3,(H,21,22). The van der Waals surface area contributed by atoms with Crippen molar-refractivity contribution in [3.63, 3.8) is 0 Å². The third-order valence-corrected chi connectivity index (χ3v) is 4.58. The summed E-state index contributed by atoms with van der Waals surface area (Å²) < 4.78 is 0. The first-order chi connectivity index (χ1) is 11.7. The van der Waals surface area contributed by atoms with Gasteiger partial charge in [0.25, 0.3) is 0 Å². The van der Waals surface area contributed by atoms with Crippen LogP contribution in [0.25, 0.3) is 0 Å². The molecule has 2 rings (SSSR count). The summed E-state index contributed by atoms with van der Waals surface area (Å²) in [5.41, 5.74) is 1.20. The number of rotatable bonds is 8. The average molecular weight is 351 g/mol. The third-order valence-electron chi connectivity index (χ3n) is 4.35. The number of halogens is 1. The molecule has 24 heavy (non-hydrogen) atoms. The topological polar surface area (TPSA) is 30.9 Å². The Hall–Kier alpha value is -1.26. The van der Waals surface area contributed by atoms with Crippen LogP contribution in [0.15, 0.2) is 29.3 Å². The molecule has 1 fully saturated rings. The molecule has 1 aliphatic heterocycles. The molecular weight excluding hydrogens is 320 g/mol. The van der Waals surface area contributed by atoms with E-state index in [9.17, 15) is 0 Å². The van der Waals surface area contributed by atoms with Gasteiger partial charge in [0, 0.05) is 31.7 Å². The monoisotopic (exact) mass is 350 g/mol. The van der Waals surface area contributed by atoms with Crippen LogP contribution in [0.5, 0.6) is 0 Å². The number of likely N-dealkylation sites (tertiary alicyclic amines) is 1. The van der Waals surface area contributed by atoms with Gasteiger partial charge in [-0.1, -0.05) is 23.7 Å². The van der Waals surface area contributed by atoms with E-state index in [2.05, 4.69) is 35.2 Å². The highest BCUT2D eigenvalue weighted by Crippen LogP contribution is 2.12. The molecule has 0 radical (unpaired) electrons. The molecule has 1 aliphatic rings. The van der Waals surface area contributed by atoms with E-state index >= 15 is 0 Å². The molecule has 0 aromatic heterocycles. The number of hydrogen-bond donors (Lipinski definition) is 1. The SMILES string of the molecule is CCNC(=NCCCCN1CCCC1)N(C)Cc1cccc(Cl)c1. The Kier molecular flexibility index (Phi) is 8.40. The lowest BCUT2D eigenvalue weighted by atomic mass is 10.2. The average Bonchev–Trinajstić information content (AvgIpc) is 3.07. The second-order valence-electron chi connectivity index (χ2n) is 6.48. The fourth-order valence-electron chi connectivity index (χ4n) is 3.09. The molecule has 0 saturated carbocycles. The summed E-state index contributed by atoms with van der Waals surface area (Å²) in [5.74, 6) is 0.971. The molecule has 0 amide bonds. The number of hydrogen-bond acceptors (Lipinski definition) is 2. The second kappa shape index (κ2) is 10.6. The van der Waals surface area contributed by atoms with Gasteiger partial charge in [-0.3, -0.25) is 4.99 Å². The minimum Gasteiger partial charge on any atom is -0.357 e. The van der Waals surface area contributed by atoms with Crippen molar-refractivity contribution < 1.29 is 0 Å². The molecule has 5 heteroatoms. The minimum atomic E-state index is 0.782. The molecule has 134 valence electrons. The first-order valence-corrected chi connectivity index (χ1v) is 9.53. The van der Waals surface area contributed by atoms with Gasteiger partial charge in [-0.05, 0) is 69.9 Å². The van der Waals surface area contributed by atoms with Crippen LogP contribution in [0.1, 0.15) is 38.2 Å². The molecule has 1 heterocycles. The molecule has 0 bridgehead atoms. The van der Waals surface area contributed by atoms with Crippen LogP contribution in [0.3, 0.4) is 0 Å². The normalized spacial score (nSPS) is 15.7. The quantitative estimate of drug-likeness (QED) is 0.441. The summed E-state index contributed by atoms with van der Waals surface area (Å²) in [6, 6.07) is 8.01. The summed E-state index contributed by atoms with van der Waals surface area (Å²) in [6.07, 6.45) is 5.13. The highest BCUT2D eigenvalue weighted by molar-refractivity contribution is 6.30. The Morgan fingerprint density at radius 1 is 1.29 bits per heavy atom. The first-order valence-electron chi connectivity index (χ1n) is 9.15. The molecule has 0 atom stereocenters. The maximum absolute atomic E-state index is 6.07. The Morgan fingerprint density at radius 3 is 2.79 bits per heavy atom. The molecule has 0 spiro atoms. The van der Waals surface area contributed by atoms with E-state index < -0.39 is 0 Å². The van der Waals surface area contributed by atoms with Crippen molar-refractivity contribution in [1.29, 1.82) is 0 Å². The minimum absolute atomic E-state index is 0.782. The predicted molar refractivity (Wildman–Crippen MR) is 104 cm³/mol. The summed E-state index contributed by atoms with van der Waals surface area (Å²) >= 11 is 6.07. The van der Waals surface area contributed by atoms with Gasteiger partial charge >= 0.3 is 0 Å². The molecule has 4 nitrogen and oxygen atoms in total. The van der Waals surface area contributed by atoms with Crippen LogP contribution in [0.4, 0.5) is 0 Å². The molecule has 0 aliphatic carbocycles. The number of guanidine groups is 1. The van der Waals surface area contributed by atoms with Crippen LogP contribution in [-0.2, 0) is 6.54 Å². The van der Waals surface area contributed by atoms with Crippen molar-refractivity contribution in [2.45, 2.75) is 39.2 Å². The summed E-state index contributed by atoms with van der Waals surface area (Å²) in [7, 11) is 2.08. The van der Waals surface area contributed by atoms with E-state index in [-0.39, 0.29) is 0 Å². The van der Waals surface area contributed by atoms with E-state index in [0.29, 0.717) is 0 Å². The summed E-state index contributed by atoms with van der Waals surface area (Å²) in [5, 5.41) is 4.16. The fraction of sp³-hybridized carbons (Fsp3) is 0.632. The lowest BCUT2D eigenvalue weighted by Crippen LogP contribution is -2.38. The molecular formula is C19H31ClN4. The van der Waals surface area contributed by atoms with E-state index in [0.717, 1.165) is 37.0 Å². The number of unbranched alkanes of at least 4 members (excludes halogenated alkanes) is 1. The van der Waals surface area contributed by atoms with Crippen LogP contribution >= 0.6 is 11.6 Å². The van der Waals surface area contributed by atoms with Crippen LogP contribution < -0.4 is 5.32 Å². The second-order valence-corrected chi connectivity index (χ2v) is 6.91. The van der Waals surface area contributed by atoms with Gasteiger partial charge in [-0.15, -0.1) is 0 Å². The van der Waals surface area contributed by atoms with Crippen LogP contribution in [0.2, 0.25) is 5.02 Å². The third kappa shape index (κ3) is 6.70.